The fraction of sp³-hybridized carbons (Fsp3) is 0.261. The average molecular weight is 403 g/mol. The van der Waals surface area contributed by atoms with Crippen molar-refractivity contribution in [2.75, 3.05) is 31.1 Å². The predicted molar refractivity (Wildman–Crippen MR) is 116 cm³/mol. The van der Waals surface area contributed by atoms with E-state index in [1.165, 1.54) is 0 Å². The van der Waals surface area contributed by atoms with E-state index in [1.54, 1.807) is 18.3 Å². The molecule has 0 bridgehead atoms. The molecule has 0 radical (unpaired) electrons. The number of amides is 2. The minimum absolute atomic E-state index is 0.0236. The van der Waals surface area contributed by atoms with Gasteiger partial charge in [0.15, 0.2) is 0 Å². The van der Waals surface area contributed by atoms with Crippen LogP contribution in [0.4, 0.5) is 5.69 Å². The number of benzene rings is 2. The summed E-state index contributed by atoms with van der Waals surface area (Å²) in [6.07, 6.45) is 1.68. The third-order valence-electron chi connectivity index (χ3n) is 5.59. The normalized spacial score (nSPS) is 14.0. The molecular formula is C23H25N5O2. The SMILES string of the molecule is Cc1c(C(=O)N2CCN(c3ccc(C(N)=O)cc3)CC2)cnn1Cc1ccccc1. The molecule has 0 aliphatic carbocycles. The molecule has 2 aromatic carbocycles. The van der Waals surface area contributed by atoms with Gasteiger partial charge in [-0.2, -0.15) is 5.10 Å². The van der Waals surface area contributed by atoms with Gasteiger partial charge in [0.2, 0.25) is 5.91 Å². The van der Waals surface area contributed by atoms with E-state index in [0.717, 1.165) is 30.0 Å². The smallest absolute Gasteiger partial charge is 0.257 e. The number of primary amides is 1. The van der Waals surface area contributed by atoms with Crippen molar-refractivity contribution in [1.29, 1.82) is 0 Å². The van der Waals surface area contributed by atoms with Crippen LogP contribution in [0.25, 0.3) is 0 Å². The van der Waals surface area contributed by atoms with E-state index in [-0.39, 0.29) is 5.91 Å². The van der Waals surface area contributed by atoms with Gasteiger partial charge in [0, 0.05) is 43.1 Å². The van der Waals surface area contributed by atoms with E-state index >= 15 is 0 Å². The first-order valence-electron chi connectivity index (χ1n) is 10.0. The van der Waals surface area contributed by atoms with Crippen LogP contribution >= 0.6 is 0 Å². The monoisotopic (exact) mass is 403 g/mol. The summed E-state index contributed by atoms with van der Waals surface area (Å²) in [5.41, 5.74) is 9.52. The maximum atomic E-state index is 13.1. The van der Waals surface area contributed by atoms with Gasteiger partial charge in [-0.3, -0.25) is 14.3 Å². The number of hydrogen-bond donors (Lipinski definition) is 1. The second kappa shape index (κ2) is 8.41. The highest BCUT2D eigenvalue weighted by molar-refractivity contribution is 5.95. The molecule has 30 heavy (non-hydrogen) atoms. The van der Waals surface area contributed by atoms with Crippen LogP contribution in [-0.4, -0.2) is 52.7 Å². The number of nitrogens with zero attached hydrogens (tertiary/aromatic N) is 4. The lowest BCUT2D eigenvalue weighted by molar-refractivity contribution is 0.0745. The van der Waals surface area contributed by atoms with Crippen LogP contribution in [0.5, 0.6) is 0 Å². The van der Waals surface area contributed by atoms with Crippen molar-refractivity contribution < 1.29 is 9.59 Å². The number of hydrogen-bond acceptors (Lipinski definition) is 4. The van der Waals surface area contributed by atoms with Crippen molar-refractivity contribution in [1.82, 2.24) is 14.7 Å². The number of carbonyl (C=O) groups is 2. The lowest BCUT2D eigenvalue weighted by atomic mass is 10.1. The van der Waals surface area contributed by atoms with Gasteiger partial charge in [-0.05, 0) is 36.8 Å². The summed E-state index contributed by atoms with van der Waals surface area (Å²) >= 11 is 0. The molecule has 2 N–H and O–H groups in total. The summed E-state index contributed by atoms with van der Waals surface area (Å²) in [7, 11) is 0. The zero-order chi connectivity index (χ0) is 21.1. The number of nitrogens with two attached hydrogens (primary N) is 1. The van der Waals surface area contributed by atoms with Crippen LogP contribution < -0.4 is 10.6 Å². The molecule has 2 heterocycles. The van der Waals surface area contributed by atoms with Crippen LogP contribution in [0, 0.1) is 6.92 Å². The molecule has 1 aliphatic rings. The van der Waals surface area contributed by atoms with Crippen molar-refractivity contribution in [3.05, 3.63) is 83.2 Å². The van der Waals surface area contributed by atoms with E-state index < -0.39 is 5.91 Å². The predicted octanol–water partition coefficient (Wildman–Crippen LogP) is 2.30. The second-order valence-electron chi connectivity index (χ2n) is 7.48. The van der Waals surface area contributed by atoms with Gasteiger partial charge in [-0.25, -0.2) is 0 Å². The number of aromatic nitrogens is 2. The molecule has 0 saturated carbocycles. The molecule has 0 atom stereocenters. The van der Waals surface area contributed by atoms with Gasteiger partial charge in [-0.1, -0.05) is 30.3 Å². The Morgan fingerprint density at radius 3 is 2.27 bits per heavy atom. The van der Waals surface area contributed by atoms with Crippen molar-refractivity contribution in [2.24, 2.45) is 5.73 Å². The standard InChI is InChI=1S/C23H25N5O2/c1-17-21(15-25-28(17)16-18-5-3-2-4-6-18)23(30)27-13-11-26(12-14-27)20-9-7-19(8-10-20)22(24)29/h2-10,15H,11-14,16H2,1H3,(H2,24,29). The zero-order valence-corrected chi connectivity index (χ0v) is 17.0. The molecule has 1 aromatic heterocycles. The molecule has 0 unspecified atom stereocenters. The van der Waals surface area contributed by atoms with Crippen LogP contribution in [-0.2, 0) is 6.54 Å². The summed E-state index contributed by atoms with van der Waals surface area (Å²) in [5, 5.41) is 4.43. The Hall–Kier alpha value is -3.61. The van der Waals surface area contributed by atoms with Gasteiger partial charge in [0.05, 0.1) is 18.3 Å². The van der Waals surface area contributed by atoms with E-state index in [2.05, 4.69) is 22.1 Å². The largest absolute Gasteiger partial charge is 0.368 e. The Bertz CT molecular complexity index is 1040. The van der Waals surface area contributed by atoms with Crippen LogP contribution in [0.2, 0.25) is 0 Å². The topological polar surface area (TPSA) is 84.5 Å². The second-order valence-corrected chi connectivity index (χ2v) is 7.48. The number of carbonyl (C=O) groups excluding carboxylic acids is 2. The van der Waals surface area contributed by atoms with Crippen molar-refractivity contribution >= 4 is 17.5 Å². The fourth-order valence-corrected chi connectivity index (χ4v) is 3.75. The van der Waals surface area contributed by atoms with Gasteiger partial charge in [0.1, 0.15) is 0 Å². The number of anilines is 1. The lowest BCUT2D eigenvalue weighted by Gasteiger charge is -2.36. The third-order valence-corrected chi connectivity index (χ3v) is 5.59. The van der Waals surface area contributed by atoms with E-state index in [0.29, 0.717) is 30.8 Å². The highest BCUT2D eigenvalue weighted by atomic mass is 16.2. The first kappa shape index (κ1) is 19.7. The molecule has 3 aromatic rings. The third kappa shape index (κ3) is 4.05. The summed E-state index contributed by atoms with van der Waals surface area (Å²) in [6.45, 7) is 5.34. The molecule has 154 valence electrons. The van der Waals surface area contributed by atoms with Crippen LogP contribution in [0.15, 0.2) is 60.8 Å². The Morgan fingerprint density at radius 2 is 1.63 bits per heavy atom. The molecule has 1 fully saturated rings. The highest BCUT2D eigenvalue weighted by Gasteiger charge is 2.25. The van der Waals surface area contributed by atoms with Crippen molar-refractivity contribution in [3.63, 3.8) is 0 Å². The molecule has 1 aliphatic heterocycles. The summed E-state index contributed by atoms with van der Waals surface area (Å²) in [6, 6.07) is 17.4. The molecule has 7 nitrogen and oxygen atoms in total. The Morgan fingerprint density at radius 1 is 0.967 bits per heavy atom. The fourth-order valence-electron chi connectivity index (χ4n) is 3.75. The van der Waals surface area contributed by atoms with E-state index in [1.807, 2.05) is 46.8 Å². The Kier molecular flexibility index (Phi) is 5.52. The first-order chi connectivity index (χ1) is 14.5. The van der Waals surface area contributed by atoms with E-state index in [4.69, 9.17) is 5.73 Å². The quantitative estimate of drug-likeness (QED) is 0.708. The summed E-state index contributed by atoms with van der Waals surface area (Å²) in [5.74, 6) is -0.407. The van der Waals surface area contributed by atoms with E-state index in [9.17, 15) is 9.59 Å². The van der Waals surface area contributed by atoms with Gasteiger partial charge in [0.25, 0.3) is 5.91 Å². The van der Waals surface area contributed by atoms with Crippen LogP contribution in [0.3, 0.4) is 0 Å². The Balaban J connectivity index is 1.39. The molecule has 7 heteroatoms. The molecule has 2 amide bonds. The van der Waals surface area contributed by atoms with Gasteiger partial charge < -0.3 is 15.5 Å². The summed E-state index contributed by atoms with van der Waals surface area (Å²) in [4.78, 5) is 28.4. The highest BCUT2D eigenvalue weighted by Crippen LogP contribution is 2.19. The maximum absolute atomic E-state index is 13.1. The Labute approximate surface area is 175 Å². The lowest BCUT2D eigenvalue weighted by Crippen LogP contribution is -2.48. The zero-order valence-electron chi connectivity index (χ0n) is 17.0. The number of piperazine rings is 1. The molecule has 1 saturated heterocycles. The maximum Gasteiger partial charge on any atom is 0.257 e. The average Bonchev–Trinajstić information content (AvgIpc) is 3.14. The molecule has 0 spiro atoms. The van der Waals surface area contributed by atoms with Crippen molar-refractivity contribution in [2.45, 2.75) is 13.5 Å². The molecular weight excluding hydrogens is 378 g/mol. The minimum Gasteiger partial charge on any atom is -0.368 e. The minimum atomic E-state index is -0.430. The van der Waals surface area contributed by atoms with Crippen molar-refractivity contribution in [3.8, 4) is 0 Å². The number of rotatable bonds is 5. The van der Waals surface area contributed by atoms with Gasteiger partial charge in [-0.15, -0.1) is 0 Å². The van der Waals surface area contributed by atoms with Gasteiger partial charge >= 0.3 is 0 Å². The first-order valence-corrected chi connectivity index (χ1v) is 10.0. The van der Waals surface area contributed by atoms with Crippen LogP contribution in [0.1, 0.15) is 32.0 Å². The summed E-state index contributed by atoms with van der Waals surface area (Å²) < 4.78 is 1.87. The molecule has 4 rings (SSSR count).